The first-order chi connectivity index (χ1) is 32.6. The fourth-order valence-electron chi connectivity index (χ4n) is 10.7. The second-order valence-corrected chi connectivity index (χ2v) is 22.2. The predicted octanol–water partition coefficient (Wildman–Crippen LogP) is 19.9. The van der Waals surface area contributed by atoms with Crippen molar-refractivity contribution in [2.24, 2.45) is 0 Å². The molecule has 332 valence electrons. The minimum absolute atomic E-state index is 0.168. The van der Waals surface area contributed by atoms with Crippen molar-refractivity contribution in [2.75, 3.05) is 0 Å². The van der Waals surface area contributed by atoms with Gasteiger partial charge in [-0.15, -0.1) is 0 Å². The maximum absolute atomic E-state index is 2.38. The van der Waals surface area contributed by atoms with Gasteiger partial charge in [0, 0.05) is 0 Å². The number of rotatable bonds is 0. The third-order valence-electron chi connectivity index (χ3n) is 14.5. The first kappa shape index (κ1) is 43.3. The smallest absolute Gasteiger partial charge is 0.00266 e. The lowest BCUT2D eigenvalue weighted by atomic mass is 9.83. The summed E-state index contributed by atoms with van der Waals surface area (Å²) in [5.41, 5.74) is 4.71. The molecular formula is C68H60. The standard InChI is InChI=1S/C26H22.C22H20.C20H18/c1-26(2,3)19-10-13-21-18(16-19)9-12-25-23(21)15-14-22-20-7-5-4-6-17(20)8-11-24(22)25;1-22(2,3)15-12-13-20-18-10-5-4-8-16(18)17-9-6-7-11-19(17)21(20)14-15;1-20(2,3)17-11-15-9-7-13-5-4-6-14-8-10-16(12-17)19(15)18(13)14/h4-16H,1-3H3;4-14H,1-3H3;4-12H,1-3H3. The molecule has 0 heteroatoms. The van der Waals surface area contributed by atoms with Crippen LogP contribution in [-0.2, 0) is 16.2 Å². The van der Waals surface area contributed by atoms with Crippen molar-refractivity contribution < 1.29 is 0 Å². The van der Waals surface area contributed by atoms with Gasteiger partial charge in [0.05, 0.1) is 0 Å². The van der Waals surface area contributed by atoms with Crippen LogP contribution in [0.5, 0.6) is 0 Å². The van der Waals surface area contributed by atoms with Crippen LogP contribution in [-0.4, -0.2) is 0 Å². The van der Waals surface area contributed by atoms with Crippen LogP contribution in [0, 0.1) is 0 Å². The highest BCUT2D eigenvalue weighted by Gasteiger charge is 2.19. The Bertz CT molecular complexity index is 3970. The SMILES string of the molecule is CC(C)(C)c1cc2ccc3cccc4ccc(c1)c2c34.CC(C)(C)c1ccc2c(ccc3c2ccc2c4ccccc4ccc23)c1.CC(C)(C)c1ccc2c3ccccc3c3ccccc3c2c1. The molecule has 0 saturated carbocycles. The van der Waals surface area contributed by atoms with Crippen molar-refractivity contribution in [1.29, 1.82) is 0 Å². The van der Waals surface area contributed by atoms with E-state index in [-0.39, 0.29) is 16.2 Å². The monoisotopic (exact) mass is 876 g/mol. The van der Waals surface area contributed by atoms with Gasteiger partial charge in [0.15, 0.2) is 0 Å². The molecule has 0 aliphatic heterocycles. The van der Waals surface area contributed by atoms with E-state index in [0.29, 0.717) is 0 Å². The molecule has 0 atom stereocenters. The molecule has 0 bridgehead atoms. The molecule has 0 saturated heterocycles. The second-order valence-electron chi connectivity index (χ2n) is 22.2. The lowest BCUT2D eigenvalue weighted by molar-refractivity contribution is 0.591. The summed E-state index contributed by atoms with van der Waals surface area (Å²) in [5.74, 6) is 0. The number of hydrogen-bond acceptors (Lipinski definition) is 0. The zero-order valence-electron chi connectivity index (χ0n) is 41.1. The zero-order chi connectivity index (χ0) is 47.1. The van der Waals surface area contributed by atoms with Crippen LogP contribution in [0.3, 0.4) is 0 Å². The Labute approximate surface area is 401 Å². The van der Waals surface area contributed by atoms with Crippen molar-refractivity contribution in [1.82, 2.24) is 0 Å². The van der Waals surface area contributed by atoms with Crippen LogP contribution in [0.15, 0.2) is 200 Å². The highest BCUT2D eigenvalue weighted by atomic mass is 14.2. The molecule has 0 aliphatic rings. The van der Waals surface area contributed by atoms with Crippen LogP contribution in [0.4, 0.5) is 0 Å². The van der Waals surface area contributed by atoms with E-state index in [9.17, 15) is 0 Å². The van der Waals surface area contributed by atoms with Gasteiger partial charge in [-0.3, -0.25) is 0 Å². The van der Waals surface area contributed by atoms with Crippen LogP contribution >= 0.6 is 0 Å². The van der Waals surface area contributed by atoms with E-state index < -0.39 is 0 Å². The van der Waals surface area contributed by atoms with Crippen LogP contribution < -0.4 is 0 Å². The van der Waals surface area contributed by atoms with E-state index >= 15 is 0 Å². The highest BCUT2D eigenvalue weighted by Crippen LogP contribution is 2.40. The Balaban J connectivity index is 0.000000113. The third-order valence-corrected chi connectivity index (χ3v) is 14.5. The van der Waals surface area contributed by atoms with Gasteiger partial charge in [-0.2, -0.15) is 0 Å². The van der Waals surface area contributed by atoms with Gasteiger partial charge in [0.1, 0.15) is 0 Å². The summed E-state index contributed by atoms with van der Waals surface area (Å²) < 4.78 is 0. The summed E-state index contributed by atoms with van der Waals surface area (Å²) in [5, 5.41) is 26.9. The van der Waals surface area contributed by atoms with E-state index in [2.05, 4.69) is 263 Å². The largest absolute Gasteiger partial charge is 0.0616 e. The Morgan fingerprint density at radius 2 is 0.485 bits per heavy atom. The maximum Gasteiger partial charge on any atom is -0.00266 e. The molecule has 0 N–H and O–H groups in total. The minimum Gasteiger partial charge on any atom is -0.0616 e. The first-order valence-corrected chi connectivity index (χ1v) is 24.4. The van der Waals surface area contributed by atoms with E-state index in [4.69, 9.17) is 0 Å². The van der Waals surface area contributed by atoms with Crippen LogP contribution in [0.2, 0.25) is 0 Å². The van der Waals surface area contributed by atoms with Gasteiger partial charge in [-0.1, -0.05) is 256 Å². The lowest BCUT2D eigenvalue weighted by Crippen LogP contribution is -2.10. The first-order valence-electron chi connectivity index (χ1n) is 24.4. The molecule has 13 aromatic carbocycles. The summed E-state index contributed by atoms with van der Waals surface area (Å²) in [4.78, 5) is 0. The average Bonchev–Trinajstić information content (AvgIpc) is 3.34. The topological polar surface area (TPSA) is 0 Å². The fourth-order valence-corrected chi connectivity index (χ4v) is 10.7. The third kappa shape index (κ3) is 7.57. The minimum atomic E-state index is 0.168. The Morgan fingerprint density at radius 1 is 0.191 bits per heavy atom. The quantitative estimate of drug-likeness (QED) is 0.133. The molecule has 0 radical (unpaired) electrons. The molecule has 0 heterocycles. The molecule has 68 heavy (non-hydrogen) atoms. The van der Waals surface area contributed by atoms with E-state index in [1.165, 1.54) is 124 Å². The molecule has 0 aromatic heterocycles. The van der Waals surface area contributed by atoms with Gasteiger partial charge < -0.3 is 0 Å². The molecule has 0 amide bonds. The summed E-state index contributed by atoms with van der Waals surface area (Å²) in [6, 6.07) is 74.0. The van der Waals surface area contributed by atoms with Gasteiger partial charge in [0.2, 0.25) is 0 Å². The average molecular weight is 877 g/mol. The maximum atomic E-state index is 2.38. The Hall–Kier alpha value is -7.28. The molecule has 0 nitrogen and oxygen atoms in total. The zero-order valence-corrected chi connectivity index (χ0v) is 41.1. The summed E-state index contributed by atoms with van der Waals surface area (Å²) >= 11 is 0. The number of fused-ring (bicyclic) bond motifs is 13. The summed E-state index contributed by atoms with van der Waals surface area (Å²) in [6.07, 6.45) is 0. The van der Waals surface area contributed by atoms with Gasteiger partial charge in [-0.05, 0) is 147 Å². The van der Waals surface area contributed by atoms with Crippen molar-refractivity contribution in [2.45, 2.75) is 78.6 Å². The highest BCUT2D eigenvalue weighted by molar-refractivity contribution is 6.26. The normalized spacial score (nSPS) is 12.5. The van der Waals surface area contributed by atoms with E-state index in [1.54, 1.807) is 0 Å². The molecule has 0 unspecified atom stereocenters. The van der Waals surface area contributed by atoms with Crippen molar-refractivity contribution in [3.05, 3.63) is 217 Å². The molecule has 0 aliphatic carbocycles. The lowest BCUT2D eigenvalue weighted by Gasteiger charge is -2.21. The van der Waals surface area contributed by atoms with Gasteiger partial charge in [-0.25, -0.2) is 0 Å². The van der Waals surface area contributed by atoms with Crippen molar-refractivity contribution in [3.8, 4) is 0 Å². The van der Waals surface area contributed by atoms with E-state index in [1.807, 2.05) is 0 Å². The Kier molecular flexibility index (Phi) is 10.3. The number of benzene rings is 13. The molecular weight excluding hydrogens is 817 g/mol. The second kappa shape index (κ2) is 16.2. The molecule has 13 aromatic rings. The number of hydrogen-bond donors (Lipinski definition) is 0. The predicted molar refractivity (Wildman–Crippen MR) is 302 cm³/mol. The van der Waals surface area contributed by atoms with Crippen LogP contribution in [0.25, 0.3) is 108 Å². The Morgan fingerprint density at radius 3 is 1.01 bits per heavy atom. The van der Waals surface area contributed by atoms with Gasteiger partial charge >= 0.3 is 0 Å². The van der Waals surface area contributed by atoms with Crippen LogP contribution in [0.1, 0.15) is 79.0 Å². The molecule has 13 rings (SSSR count). The van der Waals surface area contributed by atoms with Gasteiger partial charge in [0.25, 0.3) is 0 Å². The summed E-state index contributed by atoms with van der Waals surface area (Å²) in [6.45, 7) is 20.5. The fraction of sp³-hybridized carbons (Fsp3) is 0.176. The molecule has 0 spiro atoms. The van der Waals surface area contributed by atoms with E-state index in [0.717, 1.165) is 0 Å². The summed E-state index contributed by atoms with van der Waals surface area (Å²) in [7, 11) is 0. The molecule has 0 fully saturated rings. The van der Waals surface area contributed by atoms with Crippen molar-refractivity contribution in [3.63, 3.8) is 0 Å². The van der Waals surface area contributed by atoms with Crippen molar-refractivity contribution >= 4 is 108 Å².